The lowest BCUT2D eigenvalue weighted by Crippen LogP contribution is -2.38. The number of hydrogen-bond donors (Lipinski definition) is 2. The van der Waals surface area contributed by atoms with Gasteiger partial charge in [0, 0.05) is 0 Å². The van der Waals surface area contributed by atoms with Gasteiger partial charge in [0.15, 0.2) is 0 Å². The smallest absolute Gasteiger partial charge is 0.262 e. The van der Waals surface area contributed by atoms with E-state index in [9.17, 15) is 4.79 Å². The second-order valence-corrected chi connectivity index (χ2v) is 3.31. The first-order valence-electron chi connectivity index (χ1n) is 4.92. The molecule has 5 heteroatoms. The molecule has 0 saturated carbocycles. The van der Waals surface area contributed by atoms with Crippen LogP contribution in [0.25, 0.3) is 0 Å². The van der Waals surface area contributed by atoms with Crippen LogP contribution in [0.5, 0.6) is 5.75 Å². The Kier molecular flexibility index (Phi) is 4.75. The summed E-state index contributed by atoms with van der Waals surface area (Å²) in [5, 5.41) is 0. The van der Waals surface area contributed by atoms with Gasteiger partial charge in [0.1, 0.15) is 11.9 Å². The molecule has 1 amide bonds. The SMILES string of the molecule is COc1ccc(COC(C)C(=O)NN)cc1. The van der Waals surface area contributed by atoms with Gasteiger partial charge in [-0.1, -0.05) is 12.1 Å². The Labute approximate surface area is 94.5 Å². The number of hydrogen-bond acceptors (Lipinski definition) is 4. The fraction of sp³-hybridized carbons (Fsp3) is 0.364. The lowest BCUT2D eigenvalue weighted by atomic mass is 10.2. The summed E-state index contributed by atoms with van der Waals surface area (Å²) in [6, 6.07) is 7.44. The summed E-state index contributed by atoms with van der Waals surface area (Å²) >= 11 is 0. The Morgan fingerprint density at radius 3 is 2.56 bits per heavy atom. The van der Waals surface area contributed by atoms with Gasteiger partial charge >= 0.3 is 0 Å². The first-order valence-corrected chi connectivity index (χ1v) is 4.92. The molecule has 3 N–H and O–H groups in total. The molecule has 0 heterocycles. The van der Waals surface area contributed by atoms with E-state index in [1.54, 1.807) is 14.0 Å². The standard InChI is InChI=1S/C11H16N2O3/c1-8(11(14)13-12)16-7-9-3-5-10(15-2)6-4-9/h3-6,8H,7,12H2,1-2H3,(H,13,14). The Bertz CT molecular complexity index is 338. The molecule has 1 rings (SSSR count). The number of amides is 1. The van der Waals surface area contributed by atoms with Crippen molar-refractivity contribution in [1.29, 1.82) is 0 Å². The molecule has 1 aromatic carbocycles. The molecule has 1 aromatic rings. The molecule has 0 aliphatic heterocycles. The highest BCUT2D eigenvalue weighted by molar-refractivity contribution is 5.79. The third-order valence-electron chi connectivity index (χ3n) is 2.17. The molecular formula is C11H16N2O3. The van der Waals surface area contributed by atoms with E-state index in [2.05, 4.69) is 0 Å². The van der Waals surface area contributed by atoms with Crippen LogP contribution in [0.15, 0.2) is 24.3 Å². The molecule has 0 fully saturated rings. The molecule has 0 aromatic heterocycles. The zero-order valence-corrected chi connectivity index (χ0v) is 9.40. The molecule has 16 heavy (non-hydrogen) atoms. The van der Waals surface area contributed by atoms with Crippen LogP contribution in [0.2, 0.25) is 0 Å². The molecule has 0 saturated heterocycles. The third kappa shape index (κ3) is 3.52. The molecule has 0 aliphatic carbocycles. The average Bonchev–Trinajstić information content (AvgIpc) is 2.35. The summed E-state index contributed by atoms with van der Waals surface area (Å²) in [4.78, 5) is 11.1. The minimum atomic E-state index is -0.563. The summed E-state index contributed by atoms with van der Waals surface area (Å²) in [6.45, 7) is 2.00. The summed E-state index contributed by atoms with van der Waals surface area (Å²) < 4.78 is 10.4. The normalized spacial score (nSPS) is 11.9. The van der Waals surface area contributed by atoms with E-state index in [4.69, 9.17) is 15.3 Å². The summed E-state index contributed by atoms with van der Waals surface area (Å²) in [5.74, 6) is 5.43. The van der Waals surface area contributed by atoms with Crippen LogP contribution in [-0.4, -0.2) is 19.1 Å². The van der Waals surface area contributed by atoms with Crippen LogP contribution in [-0.2, 0) is 16.1 Å². The van der Waals surface area contributed by atoms with Crippen LogP contribution in [0.1, 0.15) is 12.5 Å². The molecular weight excluding hydrogens is 208 g/mol. The molecule has 5 nitrogen and oxygen atoms in total. The Balaban J connectivity index is 2.45. The van der Waals surface area contributed by atoms with E-state index < -0.39 is 6.10 Å². The van der Waals surface area contributed by atoms with E-state index in [1.165, 1.54) is 0 Å². The van der Waals surface area contributed by atoms with Gasteiger partial charge in [0.25, 0.3) is 5.91 Å². The number of rotatable bonds is 5. The van der Waals surface area contributed by atoms with Gasteiger partial charge in [-0.05, 0) is 24.6 Å². The monoisotopic (exact) mass is 224 g/mol. The van der Waals surface area contributed by atoms with Crippen molar-refractivity contribution < 1.29 is 14.3 Å². The first-order chi connectivity index (χ1) is 7.67. The molecule has 0 bridgehead atoms. The van der Waals surface area contributed by atoms with Crippen molar-refractivity contribution in [3.05, 3.63) is 29.8 Å². The number of carbonyl (C=O) groups is 1. The number of carbonyl (C=O) groups excluding carboxylic acids is 1. The number of ether oxygens (including phenoxy) is 2. The average molecular weight is 224 g/mol. The Morgan fingerprint density at radius 2 is 2.06 bits per heavy atom. The highest BCUT2D eigenvalue weighted by atomic mass is 16.5. The maximum absolute atomic E-state index is 11.1. The van der Waals surface area contributed by atoms with Crippen LogP contribution in [0.4, 0.5) is 0 Å². The van der Waals surface area contributed by atoms with Crippen molar-refractivity contribution >= 4 is 5.91 Å². The second-order valence-electron chi connectivity index (χ2n) is 3.31. The topological polar surface area (TPSA) is 73.6 Å². The van der Waals surface area contributed by atoms with Crippen LogP contribution in [0, 0.1) is 0 Å². The lowest BCUT2D eigenvalue weighted by molar-refractivity contribution is -0.132. The quantitative estimate of drug-likeness (QED) is 0.436. The van der Waals surface area contributed by atoms with E-state index in [0.29, 0.717) is 6.61 Å². The van der Waals surface area contributed by atoms with E-state index in [-0.39, 0.29) is 5.91 Å². The maximum atomic E-state index is 11.1. The predicted molar refractivity (Wildman–Crippen MR) is 59.6 cm³/mol. The highest BCUT2D eigenvalue weighted by Gasteiger charge is 2.11. The van der Waals surface area contributed by atoms with Gasteiger partial charge in [-0.3, -0.25) is 10.2 Å². The molecule has 1 atom stereocenters. The van der Waals surface area contributed by atoms with Crippen LogP contribution >= 0.6 is 0 Å². The van der Waals surface area contributed by atoms with Gasteiger partial charge in [-0.25, -0.2) is 5.84 Å². The predicted octanol–water partition coefficient (Wildman–Crippen LogP) is 0.590. The van der Waals surface area contributed by atoms with Crippen molar-refractivity contribution in [2.75, 3.05) is 7.11 Å². The van der Waals surface area contributed by atoms with Crippen molar-refractivity contribution in [2.24, 2.45) is 5.84 Å². The zero-order valence-electron chi connectivity index (χ0n) is 9.40. The minimum Gasteiger partial charge on any atom is -0.497 e. The van der Waals surface area contributed by atoms with E-state index in [1.807, 2.05) is 29.7 Å². The van der Waals surface area contributed by atoms with E-state index in [0.717, 1.165) is 11.3 Å². The van der Waals surface area contributed by atoms with Gasteiger partial charge in [-0.2, -0.15) is 0 Å². The Hall–Kier alpha value is -1.59. The minimum absolute atomic E-state index is 0.339. The van der Waals surface area contributed by atoms with Crippen molar-refractivity contribution in [1.82, 2.24) is 5.43 Å². The molecule has 88 valence electrons. The molecule has 0 aliphatic rings. The number of methoxy groups -OCH3 is 1. The van der Waals surface area contributed by atoms with Gasteiger partial charge in [-0.15, -0.1) is 0 Å². The highest BCUT2D eigenvalue weighted by Crippen LogP contribution is 2.12. The van der Waals surface area contributed by atoms with Gasteiger partial charge < -0.3 is 9.47 Å². The molecule has 1 unspecified atom stereocenters. The fourth-order valence-corrected chi connectivity index (χ4v) is 1.14. The Morgan fingerprint density at radius 1 is 1.44 bits per heavy atom. The van der Waals surface area contributed by atoms with E-state index >= 15 is 0 Å². The zero-order chi connectivity index (χ0) is 12.0. The summed E-state index contributed by atoms with van der Waals surface area (Å²) in [6.07, 6.45) is -0.563. The van der Waals surface area contributed by atoms with Gasteiger partial charge in [0.05, 0.1) is 13.7 Å². The number of nitrogens with two attached hydrogens (primary N) is 1. The molecule has 0 radical (unpaired) electrons. The van der Waals surface area contributed by atoms with Gasteiger partial charge in [0.2, 0.25) is 0 Å². The number of hydrazine groups is 1. The number of nitrogens with one attached hydrogen (secondary N) is 1. The van der Waals surface area contributed by atoms with Crippen LogP contribution in [0.3, 0.4) is 0 Å². The summed E-state index contributed by atoms with van der Waals surface area (Å²) in [5.41, 5.74) is 3.01. The van der Waals surface area contributed by atoms with Crippen LogP contribution < -0.4 is 16.0 Å². The lowest BCUT2D eigenvalue weighted by Gasteiger charge is -2.11. The van der Waals surface area contributed by atoms with Crippen molar-refractivity contribution in [2.45, 2.75) is 19.6 Å². The maximum Gasteiger partial charge on any atom is 0.262 e. The summed E-state index contributed by atoms with van der Waals surface area (Å²) in [7, 11) is 1.61. The second kappa shape index (κ2) is 6.09. The third-order valence-corrected chi connectivity index (χ3v) is 2.17. The fourth-order valence-electron chi connectivity index (χ4n) is 1.14. The molecule has 0 spiro atoms. The van der Waals surface area contributed by atoms with Crippen molar-refractivity contribution in [3.63, 3.8) is 0 Å². The first kappa shape index (κ1) is 12.5. The number of benzene rings is 1. The largest absolute Gasteiger partial charge is 0.497 e. The van der Waals surface area contributed by atoms with Crippen molar-refractivity contribution in [3.8, 4) is 5.75 Å².